The van der Waals surface area contributed by atoms with Gasteiger partial charge in [-0.1, -0.05) is 0 Å². The van der Waals surface area contributed by atoms with E-state index < -0.39 is 9.84 Å². The summed E-state index contributed by atoms with van der Waals surface area (Å²) in [6.07, 6.45) is 2.62. The molecule has 0 unspecified atom stereocenters. The van der Waals surface area contributed by atoms with Gasteiger partial charge in [-0.2, -0.15) is 0 Å². The second-order valence-electron chi connectivity index (χ2n) is 4.55. The molecule has 2 heterocycles. The van der Waals surface area contributed by atoms with Crippen molar-refractivity contribution in [2.75, 3.05) is 30.9 Å². The molecule has 100 valence electrons. The van der Waals surface area contributed by atoms with Crippen molar-refractivity contribution in [3.8, 4) is 0 Å². The minimum absolute atomic E-state index is 0.0543. The number of hydrogen-bond donors (Lipinski definition) is 0. The molecule has 1 atom stereocenters. The number of sulfone groups is 1. The first-order chi connectivity index (χ1) is 8.46. The zero-order chi connectivity index (χ0) is 13.2. The van der Waals surface area contributed by atoms with Crippen LogP contribution in [0, 0.1) is 0 Å². The number of rotatable bonds is 3. The summed E-state index contributed by atoms with van der Waals surface area (Å²) >= 11 is 0. The van der Waals surface area contributed by atoms with Crippen molar-refractivity contribution in [2.24, 2.45) is 0 Å². The normalized spacial score (nSPS) is 21.0. The van der Waals surface area contributed by atoms with Crippen LogP contribution in [-0.4, -0.2) is 50.4 Å². The van der Waals surface area contributed by atoms with E-state index >= 15 is 0 Å². The zero-order valence-electron chi connectivity index (χ0n) is 10.5. The molecule has 0 radical (unpaired) electrons. The first kappa shape index (κ1) is 13.2. The van der Waals surface area contributed by atoms with Crippen molar-refractivity contribution in [3.63, 3.8) is 0 Å². The number of nitrogens with zero attached hydrogens (tertiary/aromatic N) is 3. The Morgan fingerprint density at radius 1 is 1.50 bits per heavy atom. The Balaban J connectivity index is 2.21. The molecule has 1 saturated heterocycles. The van der Waals surface area contributed by atoms with Crippen LogP contribution in [0.5, 0.6) is 0 Å². The van der Waals surface area contributed by atoms with Gasteiger partial charge in [-0.15, -0.1) is 0 Å². The molecule has 0 spiro atoms. The summed E-state index contributed by atoms with van der Waals surface area (Å²) in [5.41, 5.74) is 0.529. The highest BCUT2D eigenvalue weighted by Crippen LogP contribution is 2.17. The van der Waals surface area contributed by atoms with Crippen LogP contribution in [0.3, 0.4) is 0 Å². The average Bonchev–Trinajstić information content (AvgIpc) is 2.27. The maximum Gasteiger partial charge on any atom is 0.153 e. The Morgan fingerprint density at radius 3 is 2.94 bits per heavy atom. The zero-order valence-corrected chi connectivity index (χ0v) is 11.4. The fraction of sp³-hybridized carbons (Fsp3) is 0.636. The van der Waals surface area contributed by atoms with E-state index in [1.165, 1.54) is 12.6 Å². The maximum atomic E-state index is 11.3. The molecule has 0 aliphatic carbocycles. The predicted molar refractivity (Wildman–Crippen MR) is 68.2 cm³/mol. The van der Waals surface area contributed by atoms with E-state index in [4.69, 9.17) is 4.74 Å². The molecule has 2 rings (SSSR count). The number of hydrogen-bond acceptors (Lipinski definition) is 6. The summed E-state index contributed by atoms with van der Waals surface area (Å²) in [7, 11) is -3.07. The number of ether oxygens (including phenoxy) is 1. The lowest BCUT2D eigenvalue weighted by atomic mass is 10.2. The molecule has 1 aromatic heterocycles. The largest absolute Gasteiger partial charge is 0.377 e. The van der Waals surface area contributed by atoms with Gasteiger partial charge in [-0.25, -0.2) is 18.4 Å². The summed E-state index contributed by atoms with van der Waals surface area (Å²) in [4.78, 5) is 10.3. The van der Waals surface area contributed by atoms with Gasteiger partial charge in [0.1, 0.15) is 12.1 Å². The Hall–Kier alpha value is -1.21. The Labute approximate surface area is 107 Å². The van der Waals surface area contributed by atoms with Gasteiger partial charge in [-0.05, 0) is 6.92 Å². The van der Waals surface area contributed by atoms with Crippen LogP contribution in [0.1, 0.15) is 12.6 Å². The smallest absolute Gasteiger partial charge is 0.153 e. The molecular formula is C11H17N3O3S. The monoisotopic (exact) mass is 271 g/mol. The number of anilines is 1. The van der Waals surface area contributed by atoms with Gasteiger partial charge in [0.05, 0.1) is 30.7 Å². The topological polar surface area (TPSA) is 72.4 Å². The van der Waals surface area contributed by atoms with Crippen LogP contribution >= 0.6 is 0 Å². The highest BCUT2D eigenvalue weighted by Gasteiger charge is 2.20. The molecule has 6 nitrogen and oxygen atoms in total. The predicted octanol–water partition coefficient (Wildman–Crippen LogP) is 0.246. The third kappa shape index (κ3) is 3.39. The highest BCUT2D eigenvalue weighted by molar-refractivity contribution is 7.89. The van der Waals surface area contributed by atoms with Gasteiger partial charge in [0.15, 0.2) is 9.84 Å². The molecule has 0 amide bonds. The van der Waals surface area contributed by atoms with E-state index in [9.17, 15) is 8.42 Å². The molecule has 0 aromatic carbocycles. The molecular weight excluding hydrogens is 254 g/mol. The lowest BCUT2D eigenvalue weighted by molar-refractivity contribution is 0.0985. The summed E-state index contributed by atoms with van der Waals surface area (Å²) in [5.74, 6) is 0.709. The molecule has 1 aliphatic heterocycles. The van der Waals surface area contributed by atoms with Gasteiger partial charge in [0, 0.05) is 18.9 Å². The fourth-order valence-corrected chi connectivity index (χ4v) is 2.65. The average molecular weight is 271 g/mol. The first-order valence-electron chi connectivity index (χ1n) is 5.79. The molecule has 1 aromatic rings. The number of aromatic nitrogens is 2. The third-order valence-electron chi connectivity index (χ3n) is 2.78. The molecule has 1 fully saturated rings. The Morgan fingerprint density at radius 2 is 2.28 bits per heavy atom. The van der Waals surface area contributed by atoms with Crippen molar-refractivity contribution < 1.29 is 13.2 Å². The molecule has 0 N–H and O–H groups in total. The summed E-state index contributed by atoms with van der Waals surface area (Å²) in [6.45, 7) is 4.13. The summed E-state index contributed by atoms with van der Waals surface area (Å²) in [6, 6.07) is 1.97. The van der Waals surface area contributed by atoms with Crippen molar-refractivity contribution in [1.29, 1.82) is 0 Å². The van der Waals surface area contributed by atoms with E-state index in [0.717, 1.165) is 12.4 Å². The fourth-order valence-electron chi connectivity index (χ4n) is 1.96. The highest BCUT2D eigenvalue weighted by atomic mass is 32.2. The second-order valence-corrected chi connectivity index (χ2v) is 6.70. The van der Waals surface area contributed by atoms with E-state index in [1.807, 2.05) is 0 Å². The van der Waals surface area contributed by atoms with Gasteiger partial charge in [-0.3, -0.25) is 0 Å². The van der Waals surface area contributed by atoms with Crippen molar-refractivity contribution in [2.45, 2.75) is 18.7 Å². The molecule has 0 saturated carbocycles. The standard InChI is InChI=1S/C11H17N3O3S/c1-9-6-17-4-3-14(9)11-5-10(12-8-13-11)7-18(2,15)16/h5,8-9H,3-4,6-7H2,1-2H3/t9-/m0/s1. The number of morpholine rings is 1. The second kappa shape index (κ2) is 5.19. The summed E-state index contributed by atoms with van der Waals surface area (Å²) < 4.78 is 27.9. The molecule has 7 heteroatoms. The van der Waals surface area contributed by atoms with Gasteiger partial charge < -0.3 is 9.64 Å². The van der Waals surface area contributed by atoms with Crippen LogP contribution < -0.4 is 4.90 Å². The van der Waals surface area contributed by atoms with Gasteiger partial charge in [0.2, 0.25) is 0 Å². The Kier molecular flexibility index (Phi) is 3.82. The molecule has 0 bridgehead atoms. The van der Waals surface area contributed by atoms with Crippen molar-refractivity contribution >= 4 is 15.7 Å². The summed E-state index contributed by atoms with van der Waals surface area (Å²) in [5, 5.41) is 0. The SMILES string of the molecule is C[C@H]1COCCN1c1cc(CS(C)(=O)=O)ncn1. The maximum absolute atomic E-state index is 11.3. The van der Waals surface area contributed by atoms with E-state index in [-0.39, 0.29) is 11.8 Å². The first-order valence-corrected chi connectivity index (χ1v) is 7.85. The van der Waals surface area contributed by atoms with Crippen LogP contribution in [0.15, 0.2) is 12.4 Å². The van der Waals surface area contributed by atoms with Crippen LogP contribution in [-0.2, 0) is 20.3 Å². The van der Waals surface area contributed by atoms with Gasteiger partial charge in [0.25, 0.3) is 0 Å². The lowest BCUT2D eigenvalue weighted by Gasteiger charge is -2.34. The van der Waals surface area contributed by atoms with Crippen LogP contribution in [0.2, 0.25) is 0 Å². The molecule has 1 aliphatic rings. The minimum atomic E-state index is -3.07. The minimum Gasteiger partial charge on any atom is -0.377 e. The third-order valence-corrected chi connectivity index (χ3v) is 3.60. The van der Waals surface area contributed by atoms with Crippen molar-refractivity contribution in [1.82, 2.24) is 9.97 Å². The van der Waals surface area contributed by atoms with E-state index in [2.05, 4.69) is 21.8 Å². The van der Waals surface area contributed by atoms with E-state index in [1.54, 1.807) is 6.07 Å². The van der Waals surface area contributed by atoms with Crippen LogP contribution in [0.4, 0.5) is 5.82 Å². The Bertz CT molecular complexity index is 518. The quantitative estimate of drug-likeness (QED) is 0.784. The van der Waals surface area contributed by atoms with E-state index in [0.29, 0.717) is 18.9 Å². The lowest BCUT2D eigenvalue weighted by Crippen LogP contribution is -2.44. The molecule has 18 heavy (non-hydrogen) atoms. The van der Waals surface area contributed by atoms with Crippen LogP contribution in [0.25, 0.3) is 0 Å². The van der Waals surface area contributed by atoms with Crippen molar-refractivity contribution in [3.05, 3.63) is 18.1 Å². The van der Waals surface area contributed by atoms with Gasteiger partial charge >= 0.3 is 0 Å².